The molecular weight excluding hydrogens is 150 g/mol. The van der Waals surface area contributed by atoms with Crippen LogP contribution in [0.15, 0.2) is 0 Å². The molecule has 0 aromatic heterocycles. The molecule has 0 radical (unpaired) electrons. The van der Waals surface area contributed by atoms with Gasteiger partial charge in [-0.2, -0.15) is 0 Å². The highest BCUT2D eigenvalue weighted by Gasteiger charge is 2.22. The third-order valence-electron chi connectivity index (χ3n) is 2.62. The number of carbonyl (C=O) groups is 1. The van der Waals surface area contributed by atoms with Gasteiger partial charge in [-0.3, -0.25) is 4.90 Å². The topological polar surface area (TPSA) is 20.3 Å². The van der Waals surface area contributed by atoms with E-state index in [1.807, 2.05) is 0 Å². The molecule has 2 heteroatoms. The Labute approximate surface area is 74.9 Å². The molecule has 12 heavy (non-hydrogen) atoms. The van der Waals surface area contributed by atoms with E-state index in [0.717, 1.165) is 25.8 Å². The van der Waals surface area contributed by atoms with Gasteiger partial charge in [0, 0.05) is 0 Å². The fourth-order valence-electron chi connectivity index (χ4n) is 1.85. The van der Waals surface area contributed by atoms with Crippen LogP contribution in [0.5, 0.6) is 0 Å². The Bertz CT molecular complexity index is 136. The second-order valence-corrected chi connectivity index (χ2v) is 3.59. The maximum absolute atomic E-state index is 10.6. The summed E-state index contributed by atoms with van der Waals surface area (Å²) in [7, 11) is 0. The van der Waals surface area contributed by atoms with E-state index in [2.05, 4.69) is 11.8 Å². The van der Waals surface area contributed by atoms with Crippen LogP contribution in [0.2, 0.25) is 0 Å². The summed E-state index contributed by atoms with van der Waals surface area (Å²) >= 11 is 0. The number of unbranched alkanes of at least 4 members (excludes halogenated alkanes) is 2. The zero-order valence-electron chi connectivity index (χ0n) is 7.96. The zero-order valence-corrected chi connectivity index (χ0v) is 7.96. The van der Waals surface area contributed by atoms with Crippen molar-refractivity contribution in [2.45, 2.75) is 45.1 Å². The van der Waals surface area contributed by atoms with E-state index in [1.54, 1.807) is 0 Å². The molecule has 2 nitrogen and oxygen atoms in total. The van der Waals surface area contributed by atoms with Crippen LogP contribution in [0.25, 0.3) is 0 Å². The fraction of sp³-hybridized carbons (Fsp3) is 0.900. The lowest BCUT2D eigenvalue weighted by molar-refractivity contribution is -0.111. The minimum Gasteiger partial charge on any atom is -0.302 e. The Morgan fingerprint density at radius 1 is 1.50 bits per heavy atom. The van der Waals surface area contributed by atoms with Crippen LogP contribution >= 0.6 is 0 Å². The number of nitrogens with zero attached hydrogens (tertiary/aromatic N) is 1. The van der Waals surface area contributed by atoms with Gasteiger partial charge in [0.05, 0.1) is 6.04 Å². The van der Waals surface area contributed by atoms with Gasteiger partial charge in [-0.1, -0.05) is 19.8 Å². The van der Waals surface area contributed by atoms with Crippen molar-refractivity contribution < 1.29 is 4.79 Å². The molecule has 1 rings (SSSR count). The first-order valence-electron chi connectivity index (χ1n) is 5.08. The van der Waals surface area contributed by atoms with E-state index in [4.69, 9.17) is 0 Å². The molecule has 1 heterocycles. The van der Waals surface area contributed by atoms with Crippen LogP contribution in [0, 0.1) is 0 Å². The number of carbonyl (C=O) groups excluding carboxylic acids is 1. The number of hydrogen-bond acceptors (Lipinski definition) is 2. The highest BCUT2D eigenvalue weighted by atomic mass is 16.1. The van der Waals surface area contributed by atoms with Crippen molar-refractivity contribution in [1.29, 1.82) is 0 Å². The molecule has 1 saturated heterocycles. The van der Waals surface area contributed by atoms with Crippen LogP contribution in [0.4, 0.5) is 0 Å². The van der Waals surface area contributed by atoms with Crippen LogP contribution in [0.1, 0.15) is 39.0 Å². The predicted molar refractivity (Wildman–Crippen MR) is 50.2 cm³/mol. The minimum atomic E-state index is 0.238. The van der Waals surface area contributed by atoms with E-state index < -0.39 is 0 Å². The Balaban J connectivity index is 2.17. The number of aldehydes is 1. The van der Waals surface area contributed by atoms with Crippen molar-refractivity contribution in [3.05, 3.63) is 0 Å². The molecule has 1 aliphatic heterocycles. The van der Waals surface area contributed by atoms with Crippen molar-refractivity contribution in [2.24, 2.45) is 0 Å². The molecule has 1 atom stereocenters. The number of likely N-dealkylation sites (tertiary alicyclic amines) is 1. The highest BCUT2D eigenvalue weighted by Crippen LogP contribution is 2.15. The van der Waals surface area contributed by atoms with Gasteiger partial charge < -0.3 is 4.79 Å². The molecule has 0 aromatic carbocycles. The molecular formula is C10H19NO. The molecule has 70 valence electrons. The first kappa shape index (κ1) is 9.72. The first-order valence-corrected chi connectivity index (χ1v) is 5.08. The average Bonchev–Trinajstić information content (AvgIpc) is 2.52. The van der Waals surface area contributed by atoms with Crippen molar-refractivity contribution >= 4 is 6.29 Å². The van der Waals surface area contributed by atoms with Crippen molar-refractivity contribution in [3.63, 3.8) is 0 Å². The van der Waals surface area contributed by atoms with Crippen LogP contribution in [-0.4, -0.2) is 30.3 Å². The molecule has 0 bridgehead atoms. The Kier molecular flexibility index (Phi) is 4.30. The summed E-state index contributed by atoms with van der Waals surface area (Å²) in [5.74, 6) is 0. The lowest BCUT2D eigenvalue weighted by Gasteiger charge is -2.19. The van der Waals surface area contributed by atoms with Crippen molar-refractivity contribution in [1.82, 2.24) is 4.90 Å². The molecule has 0 unspecified atom stereocenters. The van der Waals surface area contributed by atoms with Crippen molar-refractivity contribution in [3.8, 4) is 0 Å². The summed E-state index contributed by atoms with van der Waals surface area (Å²) in [6.07, 6.45) is 7.20. The van der Waals surface area contributed by atoms with Gasteiger partial charge in [0.2, 0.25) is 0 Å². The predicted octanol–water partition coefficient (Wildman–Crippen LogP) is 1.84. The third-order valence-corrected chi connectivity index (χ3v) is 2.62. The Morgan fingerprint density at radius 2 is 2.33 bits per heavy atom. The van der Waals surface area contributed by atoms with Crippen LogP contribution < -0.4 is 0 Å². The van der Waals surface area contributed by atoms with E-state index >= 15 is 0 Å². The summed E-state index contributed by atoms with van der Waals surface area (Å²) in [6, 6.07) is 0.238. The van der Waals surface area contributed by atoms with Gasteiger partial charge in [0.25, 0.3) is 0 Å². The van der Waals surface area contributed by atoms with Gasteiger partial charge in [-0.15, -0.1) is 0 Å². The molecule has 0 N–H and O–H groups in total. The summed E-state index contributed by atoms with van der Waals surface area (Å²) in [4.78, 5) is 12.9. The average molecular weight is 169 g/mol. The largest absolute Gasteiger partial charge is 0.302 e. The Hall–Kier alpha value is -0.370. The summed E-state index contributed by atoms with van der Waals surface area (Å²) in [6.45, 7) is 4.46. The smallest absolute Gasteiger partial charge is 0.137 e. The maximum atomic E-state index is 10.6. The van der Waals surface area contributed by atoms with Crippen molar-refractivity contribution in [2.75, 3.05) is 13.1 Å². The standard InChI is InChI=1S/C10H19NO/c1-2-3-4-7-11-8-5-6-10(11)9-12/h9-10H,2-8H2,1H3/t10-/m1/s1. The molecule has 0 aliphatic carbocycles. The SMILES string of the molecule is CCCCCN1CCC[C@@H]1C=O. The summed E-state index contributed by atoms with van der Waals surface area (Å²) in [5, 5.41) is 0. The molecule has 1 aliphatic rings. The van der Waals surface area contributed by atoms with E-state index in [9.17, 15) is 4.79 Å². The normalized spacial score (nSPS) is 24.6. The third kappa shape index (κ3) is 2.59. The quantitative estimate of drug-likeness (QED) is 0.462. The lowest BCUT2D eigenvalue weighted by atomic mass is 10.2. The molecule has 0 aromatic rings. The Morgan fingerprint density at radius 3 is 3.00 bits per heavy atom. The van der Waals surface area contributed by atoms with Gasteiger partial charge in [0.1, 0.15) is 6.29 Å². The number of hydrogen-bond donors (Lipinski definition) is 0. The first-order chi connectivity index (χ1) is 5.88. The minimum absolute atomic E-state index is 0.238. The van der Waals surface area contributed by atoms with Gasteiger partial charge >= 0.3 is 0 Å². The van der Waals surface area contributed by atoms with E-state index in [1.165, 1.54) is 25.7 Å². The highest BCUT2D eigenvalue weighted by molar-refractivity contribution is 5.58. The summed E-state index contributed by atoms with van der Waals surface area (Å²) < 4.78 is 0. The van der Waals surface area contributed by atoms with Gasteiger partial charge in [-0.05, 0) is 32.4 Å². The monoisotopic (exact) mass is 169 g/mol. The van der Waals surface area contributed by atoms with Gasteiger partial charge in [0.15, 0.2) is 0 Å². The molecule has 0 amide bonds. The molecule has 1 fully saturated rings. The van der Waals surface area contributed by atoms with Crippen LogP contribution in [0.3, 0.4) is 0 Å². The second-order valence-electron chi connectivity index (χ2n) is 3.59. The van der Waals surface area contributed by atoms with Crippen LogP contribution in [-0.2, 0) is 4.79 Å². The van der Waals surface area contributed by atoms with E-state index in [-0.39, 0.29) is 6.04 Å². The molecule has 0 spiro atoms. The maximum Gasteiger partial charge on any atom is 0.137 e. The van der Waals surface area contributed by atoms with Gasteiger partial charge in [-0.25, -0.2) is 0 Å². The summed E-state index contributed by atoms with van der Waals surface area (Å²) in [5.41, 5.74) is 0. The molecule has 0 saturated carbocycles. The fourth-order valence-corrected chi connectivity index (χ4v) is 1.85. The number of rotatable bonds is 5. The second kappa shape index (κ2) is 5.31. The zero-order chi connectivity index (χ0) is 8.81. The lowest BCUT2D eigenvalue weighted by Crippen LogP contribution is -2.31. The van der Waals surface area contributed by atoms with E-state index in [0.29, 0.717) is 0 Å².